The van der Waals surface area contributed by atoms with Crippen LogP contribution in [0, 0.1) is 11.3 Å². The maximum atomic E-state index is 10.5. The molecule has 0 bridgehead atoms. The minimum atomic E-state index is -0.996. The van der Waals surface area contributed by atoms with Crippen LogP contribution in [0.1, 0.15) is 24.5 Å². The van der Waals surface area contributed by atoms with Crippen molar-refractivity contribution in [1.29, 1.82) is 5.26 Å². The van der Waals surface area contributed by atoms with Gasteiger partial charge in [0, 0.05) is 19.2 Å². The first-order chi connectivity index (χ1) is 9.60. The van der Waals surface area contributed by atoms with E-state index in [1.165, 1.54) is 11.6 Å². The second kappa shape index (κ2) is 6.07. The number of carbonyl (C=O) groups is 1. The lowest BCUT2D eigenvalue weighted by molar-refractivity contribution is -0.131. The molecule has 2 rings (SSSR count). The van der Waals surface area contributed by atoms with Crippen molar-refractivity contribution in [2.45, 2.75) is 13.3 Å². The van der Waals surface area contributed by atoms with Gasteiger partial charge in [0.1, 0.15) is 6.07 Å². The third kappa shape index (κ3) is 3.27. The zero-order valence-electron chi connectivity index (χ0n) is 11.3. The molecular weight excluding hydrogens is 252 g/mol. The summed E-state index contributed by atoms with van der Waals surface area (Å²) in [4.78, 5) is 12.7. The summed E-state index contributed by atoms with van der Waals surface area (Å²) in [6.45, 7) is 3.83. The Kier molecular flexibility index (Phi) is 4.21. The van der Waals surface area contributed by atoms with Gasteiger partial charge in [0.2, 0.25) is 0 Å². The number of carboxylic acid groups (broad SMARTS) is 1. The molecule has 0 saturated heterocycles. The van der Waals surface area contributed by atoms with Gasteiger partial charge in [0.15, 0.2) is 0 Å². The van der Waals surface area contributed by atoms with Crippen molar-refractivity contribution >= 4 is 17.7 Å². The molecule has 0 atom stereocenters. The van der Waals surface area contributed by atoms with Gasteiger partial charge in [0.25, 0.3) is 0 Å². The smallest absolute Gasteiger partial charge is 0.328 e. The second-order valence-corrected chi connectivity index (χ2v) is 4.81. The first-order valence-electron chi connectivity index (χ1n) is 6.46. The Morgan fingerprint density at radius 3 is 2.90 bits per heavy atom. The molecule has 0 aliphatic carbocycles. The molecule has 0 spiro atoms. The predicted molar refractivity (Wildman–Crippen MR) is 78.4 cm³/mol. The molecule has 1 aromatic carbocycles. The number of benzene rings is 1. The van der Waals surface area contributed by atoms with Crippen LogP contribution in [0.3, 0.4) is 0 Å². The highest BCUT2D eigenvalue weighted by molar-refractivity contribution is 5.85. The van der Waals surface area contributed by atoms with Crippen LogP contribution in [0.15, 0.2) is 35.9 Å². The minimum Gasteiger partial charge on any atom is -0.478 e. The van der Waals surface area contributed by atoms with Gasteiger partial charge >= 0.3 is 5.97 Å². The molecule has 0 fully saturated rings. The molecule has 0 unspecified atom stereocenters. The summed E-state index contributed by atoms with van der Waals surface area (Å²) >= 11 is 0. The van der Waals surface area contributed by atoms with E-state index in [1.807, 2.05) is 12.1 Å². The Balaban J connectivity index is 2.27. The maximum Gasteiger partial charge on any atom is 0.328 e. The van der Waals surface area contributed by atoms with E-state index in [0.717, 1.165) is 36.8 Å². The number of hydrogen-bond acceptors (Lipinski definition) is 3. The molecule has 102 valence electrons. The van der Waals surface area contributed by atoms with E-state index in [9.17, 15) is 10.1 Å². The summed E-state index contributed by atoms with van der Waals surface area (Å²) in [5.74, 6) is -0.996. The van der Waals surface area contributed by atoms with E-state index in [0.29, 0.717) is 5.56 Å². The Morgan fingerprint density at radius 2 is 2.30 bits per heavy atom. The van der Waals surface area contributed by atoms with Gasteiger partial charge < -0.3 is 10.0 Å². The third-order valence-electron chi connectivity index (χ3n) is 3.34. The predicted octanol–water partition coefficient (Wildman–Crippen LogP) is 2.81. The molecule has 0 radical (unpaired) electrons. The molecule has 1 aliphatic heterocycles. The molecule has 1 heterocycles. The molecule has 1 N–H and O–H groups in total. The third-order valence-corrected chi connectivity index (χ3v) is 3.34. The highest BCUT2D eigenvalue weighted by Gasteiger charge is 2.13. The van der Waals surface area contributed by atoms with Crippen LogP contribution in [-0.2, 0) is 4.79 Å². The Bertz CT molecular complexity index is 624. The van der Waals surface area contributed by atoms with E-state index in [-0.39, 0.29) is 0 Å². The standard InChI is InChI=1S/C16H16N2O2/c1-12-6-8-18(9-7-12)15-4-2-13(3-5-16(19)20)10-14(15)11-17/h2-6,10H,7-9H2,1H3,(H,19,20)/b5-3+. The minimum absolute atomic E-state index is 0.575. The average Bonchev–Trinajstić information content (AvgIpc) is 2.45. The Hall–Kier alpha value is -2.54. The summed E-state index contributed by atoms with van der Waals surface area (Å²) in [5.41, 5.74) is 3.58. The number of anilines is 1. The maximum absolute atomic E-state index is 10.5. The second-order valence-electron chi connectivity index (χ2n) is 4.81. The summed E-state index contributed by atoms with van der Waals surface area (Å²) in [6, 6.07) is 7.63. The molecule has 1 aliphatic rings. The summed E-state index contributed by atoms with van der Waals surface area (Å²) < 4.78 is 0. The lowest BCUT2D eigenvalue weighted by atomic mass is 10.0. The van der Waals surface area contributed by atoms with Gasteiger partial charge in [-0.15, -0.1) is 0 Å². The van der Waals surface area contributed by atoms with Gasteiger partial charge in [-0.3, -0.25) is 0 Å². The van der Waals surface area contributed by atoms with E-state index in [1.54, 1.807) is 6.07 Å². The largest absolute Gasteiger partial charge is 0.478 e. The molecule has 4 heteroatoms. The van der Waals surface area contributed by atoms with Crippen LogP contribution in [0.5, 0.6) is 0 Å². The van der Waals surface area contributed by atoms with Crippen molar-refractivity contribution in [3.05, 3.63) is 47.1 Å². The van der Waals surface area contributed by atoms with E-state index in [4.69, 9.17) is 5.11 Å². The molecule has 20 heavy (non-hydrogen) atoms. The van der Waals surface area contributed by atoms with Crippen molar-refractivity contribution in [2.75, 3.05) is 18.0 Å². The lowest BCUT2D eigenvalue weighted by Crippen LogP contribution is -2.28. The number of rotatable bonds is 3. The average molecular weight is 268 g/mol. The molecule has 4 nitrogen and oxygen atoms in total. The zero-order valence-corrected chi connectivity index (χ0v) is 11.3. The van der Waals surface area contributed by atoms with E-state index in [2.05, 4.69) is 24.0 Å². The Morgan fingerprint density at radius 1 is 1.50 bits per heavy atom. The molecule has 0 saturated carbocycles. The van der Waals surface area contributed by atoms with Crippen LogP contribution >= 0.6 is 0 Å². The van der Waals surface area contributed by atoms with Crippen molar-refractivity contribution in [1.82, 2.24) is 0 Å². The molecular formula is C16H16N2O2. The van der Waals surface area contributed by atoms with E-state index >= 15 is 0 Å². The number of hydrogen-bond donors (Lipinski definition) is 1. The zero-order chi connectivity index (χ0) is 14.5. The first-order valence-corrected chi connectivity index (χ1v) is 6.46. The number of nitrogens with zero attached hydrogens (tertiary/aromatic N) is 2. The fraction of sp³-hybridized carbons (Fsp3) is 0.250. The van der Waals surface area contributed by atoms with Crippen LogP contribution in [0.4, 0.5) is 5.69 Å². The van der Waals surface area contributed by atoms with Gasteiger partial charge in [-0.2, -0.15) is 5.26 Å². The van der Waals surface area contributed by atoms with Crippen LogP contribution in [0.25, 0.3) is 6.08 Å². The number of carboxylic acids is 1. The van der Waals surface area contributed by atoms with Crippen LogP contribution < -0.4 is 4.90 Å². The number of nitriles is 1. The number of aliphatic carboxylic acids is 1. The summed E-state index contributed by atoms with van der Waals surface area (Å²) in [5, 5.41) is 17.9. The van der Waals surface area contributed by atoms with Gasteiger partial charge in [0.05, 0.1) is 11.3 Å². The summed E-state index contributed by atoms with van der Waals surface area (Å²) in [7, 11) is 0. The Labute approximate surface area is 118 Å². The molecule has 1 aromatic rings. The van der Waals surface area contributed by atoms with Crippen molar-refractivity contribution < 1.29 is 9.90 Å². The quantitative estimate of drug-likeness (QED) is 0.676. The highest BCUT2D eigenvalue weighted by Crippen LogP contribution is 2.25. The topological polar surface area (TPSA) is 64.3 Å². The van der Waals surface area contributed by atoms with E-state index < -0.39 is 5.97 Å². The molecule has 0 aromatic heterocycles. The van der Waals surface area contributed by atoms with Crippen molar-refractivity contribution in [3.63, 3.8) is 0 Å². The van der Waals surface area contributed by atoms with Crippen LogP contribution in [-0.4, -0.2) is 24.2 Å². The SMILES string of the molecule is CC1=CCN(c2ccc(/C=C/C(=O)O)cc2C#N)CC1. The van der Waals surface area contributed by atoms with Gasteiger partial charge in [-0.05, 0) is 37.1 Å². The molecule has 0 amide bonds. The van der Waals surface area contributed by atoms with Gasteiger partial charge in [-0.1, -0.05) is 17.7 Å². The fourth-order valence-electron chi connectivity index (χ4n) is 2.18. The summed E-state index contributed by atoms with van der Waals surface area (Å²) in [6.07, 6.45) is 5.74. The van der Waals surface area contributed by atoms with Crippen LogP contribution in [0.2, 0.25) is 0 Å². The lowest BCUT2D eigenvalue weighted by Gasteiger charge is -2.28. The van der Waals surface area contributed by atoms with Crippen molar-refractivity contribution in [3.8, 4) is 6.07 Å². The van der Waals surface area contributed by atoms with Crippen molar-refractivity contribution in [2.24, 2.45) is 0 Å². The fourth-order valence-corrected chi connectivity index (χ4v) is 2.18. The van der Waals surface area contributed by atoms with Gasteiger partial charge in [-0.25, -0.2) is 4.79 Å². The monoisotopic (exact) mass is 268 g/mol. The normalized spacial score (nSPS) is 15.0. The highest BCUT2D eigenvalue weighted by atomic mass is 16.4. The first kappa shape index (κ1) is 13.9.